The highest BCUT2D eigenvalue weighted by molar-refractivity contribution is 7.92. The van der Waals surface area contributed by atoms with Crippen LogP contribution in [0.15, 0.2) is 48.5 Å². The van der Waals surface area contributed by atoms with E-state index in [1.54, 1.807) is 43.5 Å². The Kier molecular flexibility index (Phi) is 10.4. The molecule has 10 heteroatoms. The Labute approximate surface area is 226 Å². The van der Waals surface area contributed by atoms with Crippen molar-refractivity contribution in [1.82, 2.24) is 10.2 Å². The maximum absolute atomic E-state index is 13.8. The number of sulfonamides is 1. The lowest BCUT2D eigenvalue weighted by Crippen LogP contribution is -2.53. The number of nitrogens with one attached hydrogen (secondary N) is 1. The first-order chi connectivity index (χ1) is 18.2. The third-order valence-electron chi connectivity index (χ3n) is 6.87. The van der Waals surface area contributed by atoms with Gasteiger partial charge in [-0.1, -0.05) is 44.4 Å². The summed E-state index contributed by atoms with van der Waals surface area (Å²) >= 11 is 0. The molecule has 0 radical (unpaired) electrons. The van der Waals surface area contributed by atoms with Crippen LogP contribution in [0.4, 0.5) is 5.69 Å². The van der Waals surface area contributed by atoms with Crippen LogP contribution in [0, 0.1) is 0 Å². The predicted octanol–water partition coefficient (Wildman–Crippen LogP) is 3.73. The van der Waals surface area contributed by atoms with Crippen molar-refractivity contribution in [1.29, 1.82) is 0 Å². The van der Waals surface area contributed by atoms with Crippen LogP contribution in [-0.4, -0.2) is 64.2 Å². The molecule has 2 aromatic carbocycles. The van der Waals surface area contributed by atoms with Crippen LogP contribution in [0.3, 0.4) is 0 Å². The van der Waals surface area contributed by atoms with E-state index in [0.29, 0.717) is 23.6 Å². The molecule has 9 nitrogen and oxygen atoms in total. The molecule has 0 heterocycles. The highest BCUT2D eigenvalue weighted by Crippen LogP contribution is 2.25. The van der Waals surface area contributed by atoms with Crippen molar-refractivity contribution < 1.29 is 27.5 Å². The van der Waals surface area contributed by atoms with Gasteiger partial charge >= 0.3 is 0 Å². The summed E-state index contributed by atoms with van der Waals surface area (Å²) < 4.78 is 37.1. The number of amides is 2. The van der Waals surface area contributed by atoms with Gasteiger partial charge in [0.15, 0.2) is 0 Å². The molecular weight excluding hydrogens is 506 g/mol. The van der Waals surface area contributed by atoms with Gasteiger partial charge in [-0.3, -0.25) is 13.9 Å². The molecule has 38 heavy (non-hydrogen) atoms. The Morgan fingerprint density at radius 1 is 1.00 bits per heavy atom. The smallest absolute Gasteiger partial charge is 0.244 e. The number of hydrogen-bond donors (Lipinski definition) is 1. The van der Waals surface area contributed by atoms with E-state index in [1.165, 1.54) is 12.0 Å². The number of carbonyl (C=O) groups excluding carboxylic acids is 2. The van der Waals surface area contributed by atoms with E-state index in [2.05, 4.69) is 5.32 Å². The van der Waals surface area contributed by atoms with Crippen molar-refractivity contribution in [3.63, 3.8) is 0 Å². The summed E-state index contributed by atoms with van der Waals surface area (Å²) in [7, 11) is -0.752. The van der Waals surface area contributed by atoms with Crippen molar-refractivity contribution in [2.45, 2.75) is 64.1 Å². The average molecular weight is 546 g/mol. The molecule has 0 spiro atoms. The minimum atomic E-state index is -3.82. The third-order valence-corrected chi connectivity index (χ3v) is 8.01. The molecule has 2 amide bonds. The molecule has 1 aliphatic carbocycles. The number of nitrogens with zero attached hydrogens (tertiary/aromatic N) is 2. The quantitative estimate of drug-likeness (QED) is 0.436. The number of methoxy groups -OCH3 is 2. The molecule has 0 aromatic heterocycles. The van der Waals surface area contributed by atoms with E-state index in [0.717, 1.165) is 48.2 Å². The van der Waals surface area contributed by atoms with Gasteiger partial charge in [0.1, 0.15) is 24.1 Å². The van der Waals surface area contributed by atoms with E-state index in [9.17, 15) is 18.0 Å². The molecule has 208 valence electrons. The fourth-order valence-electron chi connectivity index (χ4n) is 4.77. The Hall–Kier alpha value is -3.27. The van der Waals surface area contributed by atoms with Crippen molar-refractivity contribution in [2.24, 2.45) is 0 Å². The number of carbonyl (C=O) groups is 2. The van der Waals surface area contributed by atoms with Gasteiger partial charge < -0.3 is 19.7 Å². The van der Waals surface area contributed by atoms with Crippen LogP contribution >= 0.6 is 0 Å². The number of ether oxygens (including phenoxy) is 2. The normalized spacial score (nSPS) is 14.8. The summed E-state index contributed by atoms with van der Waals surface area (Å²) in [5, 5.41) is 3.14. The minimum Gasteiger partial charge on any atom is -0.497 e. The zero-order chi connectivity index (χ0) is 27.7. The van der Waals surface area contributed by atoms with E-state index >= 15 is 0 Å². The summed E-state index contributed by atoms with van der Waals surface area (Å²) in [6.07, 6.45) is 6.59. The number of hydrogen-bond acceptors (Lipinski definition) is 6. The van der Waals surface area contributed by atoms with E-state index in [-0.39, 0.29) is 18.5 Å². The Morgan fingerprint density at radius 2 is 1.66 bits per heavy atom. The zero-order valence-corrected chi connectivity index (χ0v) is 23.5. The van der Waals surface area contributed by atoms with Gasteiger partial charge in [0.05, 0.1) is 26.2 Å². The van der Waals surface area contributed by atoms with Gasteiger partial charge in [0, 0.05) is 18.7 Å². The number of anilines is 1. The molecule has 1 saturated carbocycles. The van der Waals surface area contributed by atoms with Crippen molar-refractivity contribution in [3.05, 3.63) is 54.1 Å². The van der Waals surface area contributed by atoms with Crippen LogP contribution in [0.2, 0.25) is 0 Å². The fourth-order valence-corrected chi connectivity index (χ4v) is 5.61. The van der Waals surface area contributed by atoms with E-state index in [4.69, 9.17) is 9.47 Å². The first-order valence-corrected chi connectivity index (χ1v) is 14.9. The van der Waals surface area contributed by atoms with E-state index in [1.807, 2.05) is 19.1 Å². The first kappa shape index (κ1) is 29.3. The summed E-state index contributed by atoms with van der Waals surface area (Å²) in [4.78, 5) is 28.8. The maximum Gasteiger partial charge on any atom is 0.244 e. The van der Waals surface area contributed by atoms with Crippen LogP contribution in [0.1, 0.15) is 51.0 Å². The number of rotatable bonds is 12. The molecule has 0 bridgehead atoms. The second-order valence-electron chi connectivity index (χ2n) is 9.61. The summed E-state index contributed by atoms with van der Waals surface area (Å²) in [5.74, 6) is 0.459. The molecule has 0 unspecified atom stereocenters. The summed E-state index contributed by atoms with van der Waals surface area (Å²) in [5.41, 5.74) is 1.11. The van der Waals surface area contributed by atoms with Crippen LogP contribution in [0.25, 0.3) is 0 Å². The standard InChI is InChI=1S/C28H39N3O6S/c1-5-26(28(33)29-22-10-7-6-8-11-22)30(19-21-14-16-24(36-2)17-15-21)27(32)20-31(38(4,34)35)23-12-9-13-25(18-23)37-3/h9,12-18,22,26H,5-8,10-11,19-20H2,1-4H3,(H,29,33)/t26-/m1/s1. The fraction of sp³-hybridized carbons (Fsp3) is 0.500. The monoisotopic (exact) mass is 545 g/mol. The topological polar surface area (TPSA) is 105 Å². The van der Waals surface area contributed by atoms with Gasteiger partial charge in [-0.15, -0.1) is 0 Å². The molecule has 3 rings (SSSR count). The molecule has 1 aliphatic rings. The average Bonchev–Trinajstić information content (AvgIpc) is 2.91. The van der Waals surface area contributed by atoms with Gasteiger partial charge in [0.25, 0.3) is 0 Å². The SMILES string of the molecule is CC[C@H](C(=O)NC1CCCCC1)N(Cc1ccc(OC)cc1)C(=O)CN(c1cccc(OC)c1)S(C)(=O)=O. The van der Waals surface area contributed by atoms with Crippen molar-refractivity contribution >= 4 is 27.5 Å². The van der Waals surface area contributed by atoms with Gasteiger partial charge in [-0.25, -0.2) is 8.42 Å². The Bertz CT molecular complexity index is 1180. The molecule has 1 fully saturated rings. The van der Waals surface area contributed by atoms with Gasteiger partial charge in [-0.2, -0.15) is 0 Å². The molecule has 2 aromatic rings. The lowest BCUT2D eigenvalue weighted by Gasteiger charge is -2.34. The van der Waals surface area contributed by atoms with Crippen LogP contribution < -0.4 is 19.1 Å². The zero-order valence-electron chi connectivity index (χ0n) is 22.7. The van der Waals surface area contributed by atoms with Gasteiger partial charge in [-0.05, 0) is 49.1 Å². The molecule has 1 atom stereocenters. The lowest BCUT2D eigenvalue weighted by molar-refractivity contribution is -0.140. The lowest BCUT2D eigenvalue weighted by atomic mass is 9.95. The van der Waals surface area contributed by atoms with Crippen molar-refractivity contribution in [2.75, 3.05) is 31.3 Å². The van der Waals surface area contributed by atoms with Crippen LogP contribution in [-0.2, 0) is 26.2 Å². The minimum absolute atomic E-state index is 0.0903. The molecular formula is C28H39N3O6S. The van der Waals surface area contributed by atoms with Gasteiger partial charge in [0.2, 0.25) is 21.8 Å². The molecule has 0 aliphatic heterocycles. The second-order valence-corrected chi connectivity index (χ2v) is 11.5. The van der Waals surface area contributed by atoms with E-state index < -0.39 is 28.5 Å². The third kappa shape index (κ3) is 7.86. The predicted molar refractivity (Wildman–Crippen MR) is 148 cm³/mol. The number of benzene rings is 2. The van der Waals surface area contributed by atoms with Crippen molar-refractivity contribution in [3.8, 4) is 11.5 Å². The Morgan fingerprint density at radius 3 is 2.24 bits per heavy atom. The largest absolute Gasteiger partial charge is 0.497 e. The summed E-state index contributed by atoms with van der Waals surface area (Å²) in [6, 6.07) is 13.1. The highest BCUT2D eigenvalue weighted by Gasteiger charge is 2.33. The highest BCUT2D eigenvalue weighted by atomic mass is 32.2. The first-order valence-electron chi connectivity index (χ1n) is 13.0. The molecule has 1 N–H and O–H groups in total. The maximum atomic E-state index is 13.8. The summed E-state index contributed by atoms with van der Waals surface area (Å²) in [6.45, 7) is 1.56. The Balaban J connectivity index is 1.92. The molecule has 0 saturated heterocycles. The second kappa shape index (κ2) is 13.5. The van der Waals surface area contributed by atoms with Crippen LogP contribution in [0.5, 0.6) is 11.5 Å².